The summed E-state index contributed by atoms with van der Waals surface area (Å²) in [6.07, 6.45) is 2.45. The molecule has 2 heterocycles. The van der Waals surface area contributed by atoms with E-state index in [1.807, 2.05) is 30.3 Å². The summed E-state index contributed by atoms with van der Waals surface area (Å²) < 4.78 is 0. The topological polar surface area (TPSA) is 64.0 Å². The molecule has 2 atom stereocenters. The number of aliphatic carboxylic acids is 1. The summed E-state index contributed by atoms with van der Waals surface area (Å²) in [4.78, 5) is 16.9. The van der Waals surface area contributed by atoms with E-state index in [1.54, 1.807) is 0 Å². The van der Waals surface area contributed by atoms with E-state index in [0.29, 0.717) is 31.3 Å². The van der Waals surface area contributed by atoms with Crippen LogP contribution in [0.5, 0.6) is 0 Å². The molecule has 2 N–H and O–H groups in total. The van der Waals surface area contributed by atoms with Gasteiger partial charge in [-0.1, -0.05) is 30.3 Å². The smallest absolute Gasteiger partial charge is 0.312 e. The maximum Gasteiger partial charge on any atom is 0.312 e. The number of carbonyl (C=O) groups is 1. The van der Waals surface area contributed by atoms with Crippen molar-refractivity contribution in [3.63, 3.8) is 0 Å². The Balaban J connectivity index is 1.58. The molecule has 0 amide bonds. The van der Waals surface area contributed by atoms with Crippen molar-refractivity contribution >= 4 is 5.97 Å². The molecule has 0 bridgehead atoms. The van der Waals surface area contributed by atoms with Gasteiger partial charge in [0.15, 0.2) is 0 Å². The number of benzene rings is 1. The highest BCUT2D eigenvalue weighted by Gasteiger charge is 2.48. The quantitative estimate of drug-likeness (QED) is 0.801. The van der Waals surface area contributed by atoms with Gasteiger partial charge >= 0.3 is 5.97 Å². The minimum atomic E-state index is -1.07. The Morgan fingerprint density at radius 2 is 1.85 bits per heavy atom. The van der Waals surface area contributed by atoms with Gasteiger partial charge in [-0.25, -0.2) is 0 Å². The molecule has 1 aromatic rings. The Labute approximate surface area is 163 Å². The molecule has 2 saturated heterocycles. The lowest BCUT2D eigenvalue weighted by molar-refractivity contribution is -0.163. The molecular formula is C22H34N2O3. The summed E-state index contributed by atoms with van der Waals surface area (Å²) in [5.74, 6) is -0.220. The lowest BCUT2D eigenvalue weighted by Crippen LogP contribution is -2.56. The minimum Gasteiger partial charge on any atom is -0.481 e. The van der Waals surface area contributed by atoms with Gasteiger partial charge in [-0.05, 0) is 70.6 Å². The van der Waals surface area contributed by atoms with Crippen LogP contribution in [-0.4, -0.2) is 70.9 Å². The number of aliphatic hydroxyl groups is 1. The zero-order chi connectivity index (χ0) is 19.4. The zero-order valence-electron chi connectivity index (χ0n) is 16.7. The zero-order valence-corrected chi connectivity index (χ0v) is 16.7. The van der Waals surface area contributed by atoms with Gasteiger partial charge in [0.1, 0.15) is 5.41 Å². The Kier molecular flexibility index (Phi) is 6.56. The van der Waals surface area contributed by atoms with E-state index in [4.69, 9.17) is 0 Å². The summed E-state index contributed by atoms with van der Waals surface area (Å²) in [6, 6.07) is 10.3. The molecule has 5 heteroatoms. The summed E-state index contributed by atoms with van der Waals surface area (Å²) in [5, 5.41) is 20.8. The van der Waals surface area contributed by atoms with Gasteiger partial charge in [0, 0.05) is 19.1 Å². The molecular weight excluding hydrogens is 340 g/mol. The van der Waals surface area contributed by atoms with E-state index >= 15 is 0 Å². The Morgan fingerprint density at radius 1 is 1.19 bits per heavy atom. The number of nitrogens with zero attached hydrogens (tertiary/aromatic N) is 2. The van der Waals surface area contributed by atoms with Crippen LogP contribution in [-0.2, 0) is 11.2 Å². The maximum absolute atomic E-state index is 12.1. The SMILES string of the molecule is CC(C)N1CCC(CN2CC[C@](Cc3ccccc3)(C(=O)O)[C@@H](O)C2)CC1. The fraction of sp³-hybridized carbons (Fsp3) is 0.682. The molecule has 150 valence electrons. The second-order valence-electron chi connectivity index (χ2n) is 8.72. The molecule has 1 aromatic carbocycles. The van der Waals surface area contributed by atoms with E-state index in [9.17, 15) is 15.0 Å². The molecule has 27 heavy (non-hydrogen) atoms. The molecule has 5 nitrogen and oxygen atoms in total. The van der Waals surface area contributed by atoms with Crippen molar-refractivity contribution in [3.05, 3.63) is 35.9 Å². The average Bonchev–Trinajstić information content (AvgIpc) is 2.65. The lowest BCUT2D eigenvalue weighted by atomic mass is 9.71. The van der Waals surface area contributed by atoms with E-state index < -0.39 is 17.5 Å². The first kappa shape index (κ1) is 20.3. The molecule has 2 fully saturated rings. The van der Waals surface area contributed by atoms with E-state index in [1.165, 1.54) is 12.8 Å². The van der Waals surface area contributed by atoms with Gasteiger partial charge in [-0.15, -0.1) is 0 Å². The van der Waals surface area contributed by atoms with E-state index in [-0.39, 0.29) is 0 Å². The van der Waals surface area contributed by atoms with Crippen molar-refractivity contribution in [2.75, 3.05) is 32.7 Å². The number of hydrogen-bond acceptors (Lipinski definition) is 4. The van der Waals surface area contributed by atoms with Crippen molar-refractivity contribution < 1.29 is 15.0 Å². The third kappa shape index (κ3) is 4.71. The fourth-order valence-electron chi connectivity index (χ4n) is 4.71. The highest BCUT2D eigenvalue weighted by molar-refractivity contribution is 5.76. The third-order valence-corrected chi connectivity index (χ3v) is 6.63. The van der Waals surface area contributed by atoms with E-state index in [2.05, 4.69) is 23.6 Å². The molecule has 0 unspecified atom stereocenters. The molecule has 0 saturated carbocycles. The number of carboxylic acid groups (broad SMARTS) is 1. The maximum atomic E-state index is 12.1. The Hall–Kier alpha value is -1.43. The first-order valence-electron chi connectivity index (χ1n) is 10.3. The second kappa shape index (κ2) is 8.72. The Morgan fingerprint density at radius 3 is 2.41 bits per heavy atom. The van der Waals surface area contributed by atoms with Crippen LogP contribution < -0.4 is 0 Å². The van der Waals surface area contributed by atoms with Crippen LogP contribution in [0.2, 0.25) is 0 Å². The molecule has 0 aromatic heterocycles. The Bertz CT molecular complexity index is 613. The molecule has 2 aliphatic rings. The van der Waals surface area contributed by atoms with Gasteiger partial charge in [0.25, 0.3) is 0 Å². The van der Waals surface area contributed by atoms with Gasteiger partial charge in [-0.3, -0.25) is 4.79 Å². The van der Waals surface area contributed by atoms with Crippen LogP contribution >= 0.6 is 0 Å². The van der Waals surface area contributed by atoms with Crippen molar-refractivity contribution in [1.29, 1.82) is 0 Å². The lowest BCUT2D eigenvalue weighted by Gasteiger charge is -2.44. The average molecular weight is 375 g/mol. The van der Waals surface area contributed by atoms with Crippen LogP contribution in [0.1, 0.15) is 38.7 Å². The van der Waals surface area contributed by atoms with Gasteiger partial charge < -0.3 is 20.0 Å². The molecule has 0 spiro atoms. The summed E-state index contributed by atoms with van der Waals surface area (Å²) >= 11 is 0. The van der Waals surface area contributed by atoms with Crippen molar-refractivity contribution in [2.45, 2.75) is 51.7 Å². The normalized spacial score (nSPS) is 28.5. The number of β-amino-alcohol motifs (C(OH)–C–C–N with tert-alkyl or cyclic N) is 1. The fourth-order valence-corrected chi connectivity index (χ4v) is 4.71. The van der Waals surface area contributed by atoms with Crippen molar-refractivity contribution in [2.24, 2.45) is 11.3 Å². The molecule has 0 aliphatic carbocycles. The number of carboxylic acids is 1. The monoisotopic (exact) mass is 374 g/mol. The summed E-state index contributed by atoms with van der Waals surface area (Å²) in [6.45, 7) is 8.98. The van der Waals surface area contributed by atoms with Crippen LogP contribution in [0.15, 0.2) is 30.3 Å². The van der Waals surface area contributed by atoms with Gasteiger partial charge in [0.2, 0.25) is 0 Å². The highest BCUT2D eigenvalue weighted by Crippen LogP contribution is 2.36. The van der Waals surface area contributed by atoms with Crippen LogP contribution in [0.25, 0.3) is 0 Å². The minimum absolute atomic E-state index is 0.394. The predicted octanol–water partition coefficient (Wildman–Crippen LogP) is 2.49. The summed E-state index contributed by atoms with van der Waals surface area (Å²) in [5.41, 5.74) is -0.0905. The summed E-state index contributed by atoms with van der Waals surface area (Å²) in [7, 11) is 0. The van der Waals surface area contributed by atoms with Crippen LogP contribution in [0.3, 0.4) is 0 Å². The standard InChI is InChI=1S/C22H34N2O3/c1-17(2)24-11-8-19(9-12-24)15-23-13-10-22(21(26)27,20(25)16-23)14-18-6-4-3-5-7-18/h3-7,17,19-20,25H,8-16H2,1-2H3,(H,26,27)/t20-,22+/m0/s1. The van der Waals surface area contributed by atoms with Crippen LogP contribution in [0, 0.1) is 11.3 Å². The number of piperidine rings is 2. The first-order chi connectivity index (χ1) is 12.9. The molecule has 2 aliphatic heterocycles. The number of likely N-dealkylation sites (tertiary alicyclic amines) is 2. The van der Waals surface area contributed by atoms with E-state index in [0.717, 1.165) is 31.7 Å². The molecule has 0 radical (unpaired) electrons. The van der Waals surface area contributed by atoms with Gasteiger partial charge in [0.05, 0.1) is 6.10 Å². The number of hydrogen-bond donors (Lipinski definition) is 2. The largest absolute Gasteiger partial charge is 0.481 e. The first-order valence-corrected chi connectivity index (χ1v) is 10.3. The number of aliphatic hydroxyl groups excluding tert-OH is 1. The van der Waals surface area contributed by atoms with Crippen molar-refractivity contribution in [1.82, 2.24) is 9.80 Å². The predicted molar refractivity (Wildman–Crippen MR) is 107 cm³/mol. The third-order valence-electron chi connectivity index (χ3n) is 6.63. The van der Waals surface area contributed by atoms with Gasteiger partial charge in [-0.2, -0.15) is 0 Å². The van der Waals surface area contributed by atoms with Crippen molar-refractivity contribution in [3.8, 4) is 0 Å². The van der Waals surface area contributed by atoms with Crippen LogP contribution in [0.4, 0.5) is 0 Å². The molecule has 3 rings (SSSR count). The highest BCUT2D eigenvalue weighted by atomic mass is 16.4. The second-order valence-corrected chi connectivity index (χ2v) is 8.72. The number of rotatable bonds is 6.